The molecule has 0 aliphatic carbocycles. The molecule has 7 heteroatoms. The molecule has 0 bridgehead atoms. The Morgan fingerprint density at radius 1 is 1.18 bits per heavy atom. The minimum Gasteiger partial charge on any atom is -0.389 e. The summed E-state index contributed by atoms with van der Waals surface area (Å²) >= 11 is 0.928. The highest BCUT2D eigenvalue weighted by Gasteiger charge is 2.34. The third-order valence-electron chi connectivity index (χ3n) is 2.85. The van der Waals surface area contributed by atoms with Crippen molar-refractivity contribution < 1.29 is 18.3 Å². The van der Waals surface area contributed by atoms with E-state index in [9.17, 15) is 18.3 Å². The van der Waals surface area contributed by atoms with Crippen molar-refractivity contribution in [3.05, 3.63) is 47.0 Å². The SMILES string of the molecule is CC(C)(O)CN(Cc1ccccc1)c1nc(C(F)(F)F)cs1. The van der Waals surface area contributed by atoms with E-state index in [-0.39, 0.29) is 11.7 Å². The van der Waals surface area contributed by atoms with Crippen LogP contribution in [0.25, 0.3) is 0 Å². The molecule has 22 heavy (non-hydrogen) atoms. The van der Waals surface area contributed by atoms with E-state index in [1.165, 1.54) is 0 Å². The first kappa shape index (κ1) is 16.8. The number of thiazole rings is 1. The second kappa shape index (κ2) is 6.26. The minimum absolute atomic E-state index is 0.187. The lowest BCUT2D eigenvalue weighted by Gasteiger charge is -2.29. The molecular weight excluding hydrogens is 313 g/mol. The van der Waals surface area contributed by atoms with E-state index in [2.05, 4.69) is 4.98 Å². The maximum Gasteiger partial charge on any atom is 0.434 e. The van der Waals surface area contributed by atoms with Crippen molar-refractivity contribution in [3.8, 4) is 0 Å². The Hall–Kier alpha value is -1.60. The van der Waals surface area contributed by atoms with E-state index in [0.717, 1.165) is 22.3 Å². The van der Waals surface area contributed by atoms with Gasteiger partial charge in [-0.15, -0.1) is 11.3 Å². The lowest BCUT2D eigenvalue weighted by atomic mass is 10.1. The van der Waals surface area contributed by atoms with Gasteiger partial charge in [0.25, 0.3) is 0 Å². The fraction of sp³-hybridized carbons (Fsp3) is 0.400. The predicted molar refractivity (Wildman–Crippen MR) is 80.9 cm³/mol. The van der Waals surface area contributed by atoms with Crippen LogP contribution < -0.4 is 4.90 Å². The number of aliphatic hydroxyl groups is 1. The molecule has 2 rings (SSSR count). The summed E-state index contributed by atoms with van der Waals surface area (Å²) in [6, 6.07) is 9.36. The van der Waals surface area contributed by atoms with Crippen molar-refractivity contribution in [2.24, 2.45) is 0 Å². The van der Waals surface area contributed by atoms with Crippen molar-refractivity contribution in [1.29, 1.82) is 0 Å². The number of aromatic nitrogens is 1. The summed E-state index contributed by atoms with van der Waals surface area (Å²) < 4.78 is 38.1. The van der Waals surface area contributed by atoms with Gasteiger partial charge in [-0.05, 0) is 19.4 Å². The van der Waals surface area contributed by atoms with Crippen molar-refractivity contribution in [1.82, 2.24) is 4.98 Å². The first-order valence-corrected chi connectivity index (χ1v) is 7.57. The van der Waals surface area contributed by atoms with E-state index >= 15 is 0 Å². The van der Waals surface area contributed by atoms with Gasteiger partial charge in [-0.2, -0.15) is 13.2 Å². The predicted octanol–water partition coefficient (Wildman–Crippen LogP) is 3.94. The second-order valence-electron chi connectivity index (χ2n) is 5.67. The molecule has 0 amide bonds. The molecule has 0 aliphatic rings. The fourth-order valence-corrected chi connectivity index (χ4v) is 2.83. The molecule has 0 spiro atoms. The van der Waals surface area contributed by atoms with Crippen LogP contribution in [0.5, 0.6) is 0 Å². The standard InChI is InChI=1S/C15H17F3N2OS/c1-14(2,21)10-20(8-11-6-4-3-5-7-11)13-19-12(9-22-13)15(16,17)18/h3-7,9,21H,8,10H2,1-2H3. The monoisotopic (exact) mass is 330 g/mol. The molecule has 0 radical (unpaired) electrons. The van der Waals surface area contributed by atoms with Gasteiger partial charge in [-0.1, -0.05) is 30.3 Å². The molecule has 2 aromatic rings. The summed E-state index contributed by atoms with van der Waals surface area (Å²) in [7, 11) is 0. The van der Waals surface area contributed by atoms with Crippen LogP contribution in [0.2, 0.25) is 0 Å². The minimum atomic E-state index is -4.46. The normalized spacial score (nSPS) is 12.5. The van der Waals surface area contributed by atoms with Crippen molar-refractivity contribution >= 4 is 16.5 Å². The van der Waals surface area contributed by atoms with Gasteiger partial charge in [0.2, 0.25) is 0 Å². The van der Waals surface area contributed by atoms with E-state index in [0.29, 0.717) is 6.54 Å². The Labute approximate surface area is 131 Å². The second-order valence-corrected chi connectivity index (χ2v) is 6.50. The Morgan fingerprint density at radius 2 is 1.82 bits per heavy atom. The van der Waals surface area contributed by atoms with E-state index < -0.39 is 17.5 Å². The van der Waals surface area contributed by atoms with Crippen molar-refractivity contribution in [2.75, 3.05) is 11.4 Å². The quantitative estimate of drug-likeness (QED) is 0.902. The Kier molecular flexibility index (Phi) is 4.77. The Balaban J connectivity index is 2.26. The van der Waals surface area contributed by atoms with E-state index in [1.54, 1.807) is 18.7 Å². The van der Waals surface area contributed by atoms with Crippen LogP contribution in [0.15, 0.2) is 35.7 Å². The highest BCUT2D eigenvalue weighted by Crippen LogP contribution is 2.33. The molecule has 0 saturated carbocycles. The lowest BCUT2D eigenvalue weighted by Crippen LogP contribution is -2.38. The summed E-state index contributed by atoms with van der Waals surface area (Å²) in [4.78, 5) is 5.33. The molecule has 120 valence electrons. The van der Waals surface area contributed by atoms with Gasteiger partial charge in [-0.25, -0.2) is 4.98 Å². The zero-order chi connectivity index (χ0) is 16.4. The Morgan fingerprint density at radius 3 is 2.32 bits per heavy atom. The third-order valence-corrected chi connectivity index (χ3v) is 3.75. The van der Waals surface area contributed by atoms with Gasteiger partial charge in [0.15, 0.2) is 10.8 Å². The summed E-state index contributed by atoms with van der Waals surface area (Å²) in [6.07, 6.45) is -4.46. The van der Waals surface area contributed by atoms with Gasteiger partial charge in [0, 0.05) is 18.5 Å². The van der Waals surface area contributed by atoms with Gasteiger partial charge >= 0.3 is 6.18 Å². The topological polar surface area (TPSA) is 36.4 Å². The van der Waals surface area contributed by atoms with Gasteiger partial charge < -0.3 is 10.0 Å². The number of rotatable bonds is 5. The van der Waals surface area contributed by atoms with Crippen LogP contribution in [0.3, 0.4) is 0 Å². The summed E-state index contributed by atoms with van der Waals surface area (Å²) in [5.74, 6) is 0. The maximum absolute atomic E-state index is 12.7. The third kappa shape index (κ3) is 4.71. The molecule has 1 N–H and O–H groups in total. The summed E-state index contributed by atoms with van der Waals surface area (Å²) in [6.45, 7) is 3.80. The molecule has 3 nitrogen and oxygen atoms in total. The largest absolute Gasteiger partial charge is 0.434 e. The molecule has 1 aromatic heterocycles. The first-order chi connectivity index (χ1) is 10.1. The molecule has 0 unspecified atom stereocenters. The van der Waals surface area contributed by atoms with Gasteiger partial charge in [-0.3, -0.25) is 0 Å². The number of nitrogens with zero attached hydrogens (tertiary/aromatic N) is 2. The lowest BCUT2D eigenvalue weighted by molar-refractivity contribution is -0.140. The van der Waals surface area contributed by atoms with Crippen LogP contribution >= 0.6 is 11.3 Å². The molecule has 0 aliphatic heterocycles. The van der Waals surface area contributed by atoms with Gasteiger partial charge in [0.1, 0.15) is 0 Å². The van der Waals surface area contributed by atoms with Crippen molar-refractivity contribution in [3.63, 3.8) is 0 Å². The zero-order valence-electron chi connectivity index (χ0n) is 12.3. The number of alkyl halides is 3. The average Bonchev–Trinajstić information content (AvgIpc) is 2.87. The number of hydrogen-bond donors (Lipinski definition) is 1. The smallest absolute Gasteiger partial charge is 0.389 e. The van der Waals surface area contributed by atoms with E-state index in [4.69, 9.17) is 0 Å². The first-order valence-electron chi connectivity index (χ1n) is 6.69. The molecule has 0 fully saturated rings. The molecule has 1 heterocycles. The highest BCUT2D eigenvalue weighted by atomic mass is 32.1. The molecule has 0 atom stereocenters. The van der Waals surface area contributed by atoms with Crippen molar-refractivity contribution in [2.45, 2.75) is 32.2 Å². The highest BCUT2D eigenvalue weighted by molar-refractivity contribution is 7.13. The Bertz CT molecular complexity index is 605. The fourth-order valence-electron chi connectivity index (χ4n) is 2.00. The molecule has 0 saturated heterocycles. The number of anilines is 1. The summed E-state index contributed by atoms with van der Waals surface area (Å²) in [5, 5.41) is 11.3. The number of hydrogen-bond acceptors (Lipinski definition) is 4. The van der Waals surface area contributed by atoms with Crippen LogP contribution in [0.4, 0.5) is 18.3 Å². The zero-order valence-corrected chi connectivity index (χ0v) is 13.1. The molecule has 1 aromatic carbocycles. The number of benzene rings is 1. The van der Waals surface area contributed by atoms with Crippen LogP contribution in [-0.4, -0.2) is 22.2 Å². The van der Waals surface area contributed by atoms with Crippen LogP contribution in [-0.2, 0) is 12.7 Å². The van der Waals surface area contributed by atoms with Gasteiger partial charge in [0.05, 0.1) is 5.60 Å². The van der Waals surface area contributed by atoms with Crippen LogP contribution in [0, 0.1) is 0 Å². The van der Waals surface area contributed by atoms with Crippen LogP contribution in [0.1, 0.15) is 25.1 Å². The van der Waals surface area contributed by atoms with E-state index in [1.807, 2.05) is 30.3 Å². The molecular formula is C15H17F3N2OS. The summed E-state index contributed by atoms with van der Waals surface area (Å²) in [5.41, 5.74) is -1.00. The average molecular weight is 330 g/mol. The number of halogens is 3. The maximum atomic E-state index is 12.7.